The number of carboxylic acid groups (broad SMARTS) is 3. The lowest BCUT2D eigenvalue weighted by Crippen LogP contribution is -2.59. The third-order valence-corrected chi connectivity index (χ3v) is 20.6. The van der Waals surface area contributed by atoms with Crippen LogP contribution in [0.15, 0.2) is 66.7 Å². The Hall–Kier alpha value is -10.8. The second-order valence-corrected chi connectivity index (χ2v) is 32.2. The van der Waals surface area contributed by atoms with Crippen molar-refractivity contribution in [2.24, 2.45) is 11.5 Å². The van der Waals surface area contributed by atoms with Crippen LogP contribution in [0, 0.1) is 5.41 Å². The Morgan fingerprint density at radius 2 is 0.958 bits per heavy atom. The fourth-order valence-electron chi connectivity index (χ4n) is 13.4. The molecule has 2 fully saturated rings. The summed E-state index contributed by atoms with van der Waals surface area (Å²) in [7, 11) is -5.02. The van der Waals surface area contributed by atoms with Gasteiger partial charge in [0, 0.05) is 102 Å². The number of carboxylic acids is 3. The molecule has 0 bridgehead atoms. The summed E-state index contributed by atoms with van der Waals surface area (Å²) in [6.07, 6.45) is -0.244. The minimum Gasteiger partial charge on any atom is -0.480 e. The predicted molar refractivity (Wildman–Crippen MR) is 444 cm³/mol. The van der Waals surface area contributed by atoms with Gasteiger partial charge in [-0.05, 0) is 124 Å². The average Bonchev–Trinajstić information content (AvgIpc) is 0.876. The number of guanidine groups is 1. The summed E-state index contributed by atoms with van der Waals surface area (Å²) in [6, 6.07) is 6.85. The lowest BCUT2D eigenvalue weighted by molar-refractivity contribution is -0.140. The van der Waals surface area contributed by atoms with Gasteiger partial charge < -0.3 is 102 Å². The van der Waals surface area contributed by atoms with Crippen molar-refractivity contribution in [1.82, 2.24) is 88.7 Å². The fourth-order valence-corrected chi connectivity index (χ4v) is 14.1. The Balaban J connectivity index is 1.53. The number of nitrogens with one attached hydrogen (secondary N) is 14. The van der Waals surface area contributed by atoms with Crippen molar-refractivity contribution in [2.75, 3.05) is 123 Å². The third kappa shape index (κ3) is 40.3. The van der Waals surface area contributed by atoms with E-state index in [-0.39, 0.29) is 141 Å². The highest BCUT2D eigenvalue weighted by Crippen LogP contribution is 2.19. The minimum atomic E-state index is -5.02. The highest BCUT2D eigenvalue weighted by atomic mass is 32.2. The second kappa shape index (κ2) is 52.3. The number of primary amides is 1. The van der Waals surface area contributed by atoms with Crippen LogP contribution in [-0.4, -0.2) is 314 Å². The second-order valence-electron chi connectivity index (χ2n) is 30.7. The van der Waals surface area contributed by atoms with E-state index in [4.69, 9.17) is 22.6 Å². The Bertz CT molecular complexity index is 4020. The number of nitrogen functional groups attached to an aromatic ring is 1. The number of carbonyl (C=O) groups excluding carboxylic acids is 11. The zero-order chi connectivity index (χ0) is 88.4. The van der Waals surface area contributed by atoms with Crippen LogP contribution < -0.4 is 86.3 Å². The quantitative estimate of drug-likeness (QED) is 0.00843. The van der Waals surface area contributed by atoms with E-state index in [0.717, 1.165) is 10.8 Å². The van der Waals surface area contributed by atoms with Crippen LogP contribution in [0.4, 0.5) is 5.69 Å². The van der Waals surface area contributed by atoms with Gasteiger partial charge in [0.25, 0.3) is 10.1 Å². The number of hydrogen-bond acceptors (Lipinski definition) is 24. The van der Waals surface area contributed by atoms with E-state index in [0.29, 0.717) is 55.6 Å². The topological polar surface area (TPSA) is 625 Å². The number of aliphatic carboxylic acids is 3. The van der Waals surface area contributed by atoms with Crippen LogP contribution in [-0.2, 0) is 90.1 Å². The molecule has 0 aliphatic carbocycles. The van der Waals surface area contributed by atoms with Crippen molar-refractivity contribution in [2.45, 2.75) is 184 Å². The molecule has 120 heavy (non-hydrogen) atoms. The summed E-state index contributed by atoms with van der Waals surface area (Å²) >= 11 is 0. The molecular weight excluding hydrogens is 1580 g/mol. The number of benzene rings is 3. The van der Waals surface area contributed by atoms with E-state index in [1.807, 2.05) is 58.0 Å². The first-order chi connectivity index (χ1) is 56.9. The zero-order valence-corrected chi connectivity index (χ0v) is 69.5. The number of nitrogens with zero attached hydrogens (tertiary/aromatic N) is 4. The molecule has 2 aliphatic heterocycles. The van der Waals surface area contributed by atoms with Crippen molar-refractivity contribution < 1.29 is 95.4 Å². The Morgan fingerprint density at radius 1 is 0.508 bits per heavy atom. The number of nitrogens with two attached hydrogens (primary N) is 3. The highest BCUT2D eigenvalue weighted by molar-refractivity contribution is 7.85. The minimum absolute atomic E-state index is 0.00167. The van der Waals surface area contributed by atoms with Gasteiger partial charge in [-0.25, -0.2) is 0 Å². The van der Waals surface area contributed by atoms with E-state index in [1.165, 1.54) is 19.6 Å². The number of anilines is 1. The van der Waals surface area contributed by atoms with Crippen LogP contribution in [0.5, 0.6) is 0 Å². The summed E-state index contributed by atoms with van der Waals surface area (Å²) in [5.41, 5.74) is 18.9. The Kier molecular flexibility index (Phi) is 43.5. The smallest absolute Gasteiger partial charge is 0.317 e. The molecule has 2 saturated heterocycles. The van der Waals surface area contributed by atoms with Crippen molar-refractivity contribution in [3.05, 3.63) is 77.9 Å². The van der Waals surface area contributed by atoms with Gasteiger partial charge in [-0.1, -0.05) is 82.3 Å². The van der Waals surface area contributed by atoms with Gasteiger partial charge in [0.1, 0.15) is 54.1 Å². The monoisotopic (exact) mass is 1710 g/mol. The van der Waals surface area contributed by atoms with E-state index in [1.54, 1.807) is 36.4 Å². The lowest BCUT2D eigenvalue weighted by Gasteiger charge is -2.33. The average molecular weight is 1710 g/mol. The van der Waals surface area contributed by atoms with Gasteiger partial charge in [-0.3, -0.25) is 96.7 Å². The van der Waals surface area contributed by atoms with Crippen molar-refractivity contribution in [3.63, 3.8) is 0 Å². The van der Waals surface area contributed by atoms with E-state index >= 15 is 14.4 Å². The highest BCUT2D eigenvalue weighted by Gasteiger charge is 2.36. The van der Waals surface area contributed by atoms with E-state index in [9.17, 15) is 81.0 Å². The number of hydrogen-bond donors (Lipinski definition) is 21. The van der Waals surface area contributed by atoms with Gasteiger partial charge in [0.2, 0.25) is 65.0 Å². The predicted octanol–water partition coefficient (Wildman–Crippen LogP) is -4.27. The summed E-state index contributed by atoms with van der Waals surface area (Å²) in [4.78, 5) is 201. The van der Waals surface area contributed by atoms with Crippen molar-refractivity contribution in [3.8, 4) is 0 Å². The molecule has 666 valence electrons. The molecule has 2 heterocycles. The number of amides is 11. The Labute approximate surface area is 698 Å². The van der Waals surface area contributed by atoms with E-state index in [2.05, 4.69) is 69.1 Å². The third-order valence-electron chi connectivity index (χ3n) is 19.8. The number of rotatable bonds is 40. The van der Waals surface area contributed by atoms with Crippen molar-refractivity contribution >= 4 is 115 Å². The molecule has 3 aromatic rings. The summed E-state index contributed by atoms with van der Waals surface area (Å²) in [6.45, 7) is 6.07. The summed E-state index contributed by atoms with van der Waals surface area (Å²) in [5.74, 6) is -15.7. The Morgan fingerprint density at radius 3 is 1.47 bits per heavy atom. The number of unbranched alkanes of at least 4 members (excludes halogenated alkanes) is 3. The summed E-state index contributed by atoms with van der Waals surface area (Å²) < 4.78 is 35.0. The first-order valence-electron chi connectivity index (χ1n) is 40.5. The standard InChI is InChI=1S/C78H123N21O20S/c1-49(2)83-28-10-7-16-56(70(80)109)91-76(115)60-26-27-64(100)88-57(17-9-12-30-85-72(111)63(48-120(117,118)119)90-66(102)44-96-32-34-97(45-67(103)104)36-38-99(47-69(107)108)39-37-98(35-33-96)46-68(105)106)73(112)95-62(41-51-21-24-55(79)25-22-51)77(116)93-58(18-8-11-29-84-50(3)4)74(113)92-59(19-13-31-86-78(81)82)75(114)94-61(71(110)87-43-65(101)89-60)42-52-20-23-53-14-5-6-15-54(53)40-52/h5-6,14-15,20-25,40,49-50,56-63,83-84H,7-13,16-19,26-39,41-48,79H2,1-4H3,(H2,80,109)(H,85,111)(H,87,110)(H,88,100)(H,89,101)(H,90,102)(H,91,115)(H,92,113)(H,93,116)(H,94,114)(H,95,112)(H,103,104)(H,105,106)(H,107,108)(H4,81,82,86)(H,117,118,119)/t56-,57-,58-,59+,60+,61-,62-,63?/m0/s1. The molecular formula is C78H123N21O20S. The molecule has 11 amide bonds. The lowest BCUT2D eigenvalue weighted by atomic mass is 10.00. The molecule has 0 radical (unpaired) electrons. The summed E-state index contributed by atoms with van der Waals surface area (Å²) in [5, 5.41) is 73.9. The van der Waals surface area contributed by atoms with Gasteiger partial charge >= 0.3 is 17.9 Å². The van der Waals surface area contributed by atoms with Crippen LogP contribution in [0.25, 0.3) is 10.8 Å². The molecule has 0 saturated carbocycles. The molecule has 1 unspecified atom stereocenters. The maximum atomic E-state index is 15.2. The zero-order valence-electron chi connectivity index (χ0n) is 68.7. The fraction of sp³-hybridized carbons (Fsp3) is 0.603. The molecule has 24 N–H and O–H groups in total. The first kappa shape index (κ1) is 99.8. The van der Waals surface area contributed by atoms with Gasteiger partial charge in [-0.15, -0.1) is 0 Å². The molecule has 0 aromatic heterocycles. The largest absolute Gasteiger partial charge is 0.480 e. The molecule has 42 heteroatoms. The van der Waals surface area contributed by atoms with Crippen LogP contribution >= 0.6 is 0 Å². The normalized spacial score (nSPS) is 20.0. The van der Waals surface area contributed by atoms with Gasteiger partial charge in [-0.2, -0.15) is 8.42 Å². The molecule has 5 rings (SSSR count). The first-order valence-corrected chi connectivity index (χ1v) is 42.1. The number of fused-ring (bicyclic) bond motifs is 1. The maximum absolute atomic E-state index is 15.2. The van der Waals surface area contributed by atoms with Crippen LogP contribution in [0.1, 0.15) is 122 Å². The molecule has 3 aromatic carbocycles. The molecule has 0 spiro atoms. The maximum Gasteiger partial charge on any atom is 0.317 e. The van der Waals surface area contributed by atoms with E-state index < -0.39 is 193 Å². The molecule has 2 aliphatic rings. The van der Waals surface area contributed by atoms with Crippen LogP contribution in [0.2, 0.25) is 0 Å². The SMILES string of the molecule is CC(C)NCCCC[C@H](NC(=O)[C@H]1CCC(=O)N[C@@H](CCCCNC(=O)C(CS(=O)(=O)O)NC(=O)CN2CCN(CC(=O)O)CCN(CC(=O)O)CCN(CC(=O)O)CC2)C(=O)N[C@@H](Cc2ccc(N)cc2)C(=O)N[C@@H](CCCCNC(C)C)C(=O)N[C@H](CCCNC(=N)N)C(=O)N[C@@H](Cc2ccc3ccccc3c2)C(=O)NCC(=O)N1)C(N)=O. The molecule has 41 nitrogen and oxygen atoms in total. The number of carbonyl (C=O) groups is 14. The van der Waals surface area contributed by atoms with Gasteiger partial charge in [0.05, 0.1) is 32.7 Å². The van der Waals surface area contributed by atoms with Crippen LogP contribution in [0.3, 0.4) is 0 Å². The van der Waals surface area contributed by atoms with Gasteiger partial charge in [0.15, 0.2) is 5.96 Å². The molecule has 8 atom stereocenters. The van der Waals surface area contributed by atoms with Crippen molar-refractivity contribution in [1.29, 1.82) is 5.41 Å².